The van der Waals surface area contributed by atoms with Crippen LogP contribution in [0, 0.1) is 5.82 Å². The monoisotopic (exact) mass is 355 g/mol. The van der Waals surface area contributed by atoms with Gasteiger partial charge in [-0.15, -0.1) is 0 Å². The Morgan fingerprint density at radius 1 is 1.04 bits per heavy atom. The molecule has 0 aliphatic rings. The van der Waals surface area contributed by atoms with Crippen molar-refractivity contribution in [1.82, 2.24) is 5.32 Å². The SMILES string of the molecule is O=C(CNC(=O)c1ccc(F)cc1)OCc1ccc(Cl)c(Cl)c1. The number of nitrogens with one attached hydrogen (secondary N) is 1. The minimum atomic E-state index is -0.605. The van der Waals surface area contributed by atoms with E-state index in [0.717, 1.165) is 12.1 Å². The third-order valence-electron chi connectivity index (χ3n) is 2.88. The smallest absolute Gasteiger partial charge is 0.325 e. The number of benzene rings is 2. The second kappa shape index (κ2) is 7.94. The molecule has 1 amide bonds. The molecule has 0 aliphatic carbocycles. The molecule has 1 N–H and O–H groups in total. The summed E-state index contributed by atoms with van der Waals surface area (Å²) >= 11 is 11.6. The van der Waals surface area contributed by atoms with Gasteiger partial charge in [-0.2, -0.15) is 0 Å². The van der Waals surface area contributed by atoms with Crippen LogP contribution in [0.25, 0.3) is 0 Å². The molecule has 0 unspecified atom stereocenters. The zero-order valence-corrected chi connectivity index (χ0v) is 13.3. The molecule has 0 saturated carbocycles. The second-order valence-corrected chi connectivity index (χ2v) is 5.41. The topological polar surface area (TPSA) is 55.4 Å². The molecule has 0 fully saturated rings. The normalized spacial score (nSPS) is 10.2. The van der Waals surface area contributed by atoms with Gasteiger partial charge in [0.1, 0.15) is 19.0 Å². The molecule has 0 aliphatic heterocycles. The number of carbonyl (C=O) groups is 2. The lowest BCUT2D eigenvalue weighted by Gasteiger charge is -2.07. The molecule has 0 heterocycles. The lowest BCUT2D eigenvalue weighted by Crippen LogP contribution is -2.30. The first-order chi connectivity index (χ1) is 11.0. The van der Waals surface area contributed by atoms with Crippen LogP contribution in [0.15, 0.2) is 42.5 Å². The van der Waals surface area contributed by atoms with E-state index in [1.807, 2.05) is 0 Å². The van der Waals surface area contributed by atoms with Gasteiger partial charge in [0.2, 0.25) is 0 Å². The van der Waals surface area contributed by atoms with E-state index in [9.17, 15) is 14.0 Å². The summed E-state index contributed by atoms with van der Waals surface area (Å²) in [7, 11) is 0. The molecular formula is C16H12Cl2FNO3. The van der Waals surface area contributed by atoms with E-state index >= 15 is 0 Å². The van der Waals surface area contributed by atoms with Gasteiger partial charge in [0, 0.05) is 5.56 Å². The van der Waals surface area contributed by atoms with Gasteiger partial charge in [-0.05, 0) is 42.0 Å². The molecule has 0 radical (unpaired) electrons. The molecule has 7 heteroatoms. The van der Waals surface area contributed by atoms with Gasteiger partial charge in [0.05, 0.1) is 10.0 Å². The molecule has 0 atom stereocenters. The highest BCUT2D eigenvalue weighted by Gasteiger charge is 2.09. The maximum absolute atomic E-state index is 12.8. The highest BCUT2D eigenvalue weighted by molar-refractivity contribution is 6.42. The fourth-order valence-corrected chi connectivity index (χ4v) is 2.02. The van der Waals surface area contributed by atoms with Crippen molar-refractivity contribution in [3.63, 3.8) is 0 Å². The summed E-state index contributed by atoms with van der Waals surface area (Å²) in [4.78, 5) is 23.3. The molecule has 120 valence electrons. The van der Waals surface area contributed by atoms with Crippen LogP contribution in [0.2, 0.25) is 10.0 Å². The van der Waals surface area contributed by atoms with Gasteiger partial charge in [0.15, 0.2) is 0 Å². The number of amides is 1. The number of rotatable bonds is 5. The van der Waals surface area contributed by atoms with Crippen molar-refractivity contribution >= 4 is 35.1 Å². The molecule has 23 heavy (non-hydrogen) atoms. The Kier molecular flexibility index (Phi) is 5.96. The summed E-state index contributed by atoms with van der Waals surface area (Å²) < 4.78 is 17.8. The number of ether oxygens (including phenoxy) is 1. The van der Waals surface area contributed by atoms with E-state index in [0.29, 0.717) is 15.6 Å². The fourth-order valence-electron chi connectivity index (χ4n) is 1.70. The highest BCUT2D eigenvalue weighted by Crippen LogP contribution is 2.22. The Balaban J connectivity index is 1.79. The number of carbonyl (C=O) groups excluding carboxylic acids is 2. The van der Waals surface area contributed by atoms with E-state index in [1.54, 1.807) is 18.2 Å². The molecule has 4 nitrogen and oxygen atoms in total. The first-order valence-electron chi connectivity index (χ1n) is 6.59. The summed E-state index contributed by atoms with van der Waals surface area (Å²) in [6.45, 7) is -0.278. The summed E-state index contributed by atoms with van der Waals surface area (Å²) in [5.41, 5.74) is 0.932. The number of hydrogen-bond acceptors (Lipinski definition) is 3. The number of esters is 1. The Hall–Kier alpha value is -2.11. The minimum Gasteiger partial charge on any atom is -0.460 e. The Labute approximate surface area is 142 Å². The molecule has 2 rings (SSSR count). The Morgan fingerprint density at radius 3 is 2.39 bits per heavy atom. The molecule has 0 saturated heterocycles. The van der Waals surface area contributed by atoms with Crippen LogP contribution in [0.5, 0.6) is 0 Å². The van der Waals surface area contributed by atoms with Crippen molar-refractivity contribution in [3.05, 3.63) is 69.5 Å². The van der Waals surface area contributed by atoms with E-state index in [4.69, 9.17) is 27.9 Å². The fraction of sp³-hybridized carbons (Fsp3) is 0.125. The molecule has 0 spiro atoms. The molecule has 0 bridgehead atoms. The van der Waals surface area contributed by atoms with Crippen molar-refractivity contribution in [3.8, 4) is 0 Å². The summed E-state index contributed by atoms with van der Waals surface area (Å²) in [5, 5.41) is 3.17. The average Bonchev–Trinajstić information content (AvgIpc) is 2.54. The van der Waals surface area contributed by atoms with Gasteiger partial charge in [0.25, 0.3) is 5.91 Å². The second-order valence-electron chi connectivity index (χ2n) is 4.60. The zero-order valence-electron chi connectivity index (χ0n) is 11.8. The Bertz CT molecular complexity index is 720. The molecule has 2 aromatic rings. The molecule has 2 aromatic carbocycles. The third-order valence-corrected chi connectivity index (χ3v) is 3.62. The van der Waals surface area contributed by atoms with Gasteiger partial charge in [-0.1, -0.05) is 29.3 Å². The summed E-state index contributed by atoms with van der Waals surface area (Å²) in [6, 6.07) is 9.85. The van der Waals surface area contributed by atoms with Crippen molar-refractivity contribution in [2.45, 2.75) is 6.61 Å². The van der Waals surface area contributed by atoms with E-state index in [-0.39, 0.29) is 18.7 Å². The van der Waals surface area contributed by atoms with Crippen LogP contribution in [0.1, 0.15) is 15.9 Å². The van der Waals surface area contributed by atoms with Crippen LogP contribution >= 0.6 is 23.2 Å². The largest absolute Gasteiger partial charge is 0.460 e. The zero-order chi connectivity index (χ0) is 16.8. The van der Waals surface area contributed by atoms with Gasteiger partial charge < -0.3 is 10.1 Å². The quantitative estimate of drug-likeness (QED) is 0.833. The van der Waals surface area contributed by atoms with Gasteiger partial charge in [-0.25, -0.2) is 4.39 Å². The van der Waals surface area contributed by atoms with Crippen molar-refractivity contribution in [2.24, 2.45) is 0 Å². The Morgan fingerprint density at radius 2 is 1.74 bits per heavy atom. The summed E-state index contributed by atoms with van der Waals surface area (Å²) in [6.07, 6.45) is 0. The van der Waals surface area contributed by atoms with Crippen LogP contribution < -0.4 is 5.32 Å². The molecular weight excluding hydrogens is 344 g/mol. The van der Waals surface area contributed by atoms with E-state index in [1.165, 1.54) is 12.1 Å². The summed E-state index contributed by atoms with van der Waals surface area (Å²) in [5.74, 6) is -1.54. The van der Waals surface area contributed by atoms with Crippen LogP contribution in [-0.4, -0.2) is 18.4 Å². The van der Waals surface area contributed by atoms with Crippen LogP contribution in [0.3, 0.4) is 0 Å². The maximum atomic E-state index is 12.8. The minimum absolute atomic E-state index is 0.0160. The average molecular weight is 356 g/mol. The predicted molar refractivity (Wildman–Crippen MR) is 85.0 cm³/mol. The maximum Gasteiger partial charge on any atom is 0.325 e. The van der Waals surface area contributed by atoms with Crippen molar-refractivity contribution < 1.29 is 18.7 Å². The third kappa shape index (κ3) is 5.23. The van der Waals surface area contributed by atoms with Gasteiger partial charge >= 0.3 is 5.97 Å². The van der Waals surface area contributed by atoms with Crippen molar-refractivity contribution in [1.29, 1.82) is 0 Å². The standard InChI is InChI=1S/C16H12Cl2FNO3/c17-13-6-1-10(7-14(13)18)9-23-15(21)8-20-16(22)11-2-4-12(19)5-3-11/h1-7H,8-9H2,(H,20,22). The lowest BCUT2D eigenvalue weighted by molar-refractivity contribution is -0.143. The first kappa shape index (κ1) is 17.2. The predicted octanol–water partition coefficient (Wildman–Crippen LogP) is 3.61. The van der Waals surface area contributed by atoms with E-state index in [2.05, 4.69) is 5.32 Å². The number of halogens is 3. The van der Waals surface area contributed by atoms with E-state index < -0.39 is 17.7 Å². The molecule has 0 aromatic heterocycles. The van der Waals surface area contributed by atoms with Crippen LogP contribution in [0.4, 0.5) is 4.39 Å². The highest BCUT2D eigenvalue weighted by atomic mass is 35.5. The van der Waals surface area contributed by atoms with Crippen LogP contribution in [-0.2, 0) is 16.1 Å². The lowest BCUT2D eigenvalue weighted by atomic mass is 10.2. The number of hydrogen-bond donors (Lipinski definition) is 1. The first-order valence-corrected chi connectivity index (χ1v) is 7.34. The van der Waals surface area contributed by atoms with Gasteiger partial charge in [-0.3, -0.25) is 9.59 Å². The van der Waals surface area contributed by atoms with Crippen molar-refractivity contribution in [2.75, 3.05) is 6.54 Å².